The molecule has 2 N–H and O–H groups in total. The molecule has 0 bridgehead atoms. The number of rotatable bonds is 8. The molecule has 6 nitrogen and oxygen atoms in total. The van der Waals surface area contributed by atoms with Gasteiger partial charge in [-0.25, -0.2) is 9.97 Å². The van der Waals surface area contributed by atoms with Crippen molar-refractivity contribution in [2.75, 3.05) is 19.5 Å². The second kappa shape index (κ2) is 9.51. The standard InChI is InChI=1S/C25H23BrN4O2S/c1-31-18-9-7-16(8-10-18)14-30-21(11-12-32-15-17-5-3-2-4-6-17)29-22-23(30)24-19(28-25(22)27)13-20(26)33-24/h2-10,13H,11-12,14-15H2,1H3,(H2,27,28). The van der Waals surface area contributed by atoms with Crippen LogP contribution in [0.1, 0.15) is 17.0 Å². The van der Waals surface area contributed by atoms with E-state index in [-0.39, 0.29) is 0 Å². The van der Waals surface area contributed by atoms with Gasteiger partial charge in [-0.05, 0) is 45.3 Å². The van der Waals surface area contributed by atoms with Crippen LogP contribution >= 0.6 is 27.3 Å². The van der Waals surface area contributed by atoms with Crippen molar-refractivity contribution in [3.05, 3.63) is 81.4 Å². The molecule has 168 valence electrons. The third kappa shape index (κ3) is 4.59. The minimum Gasteiger partial charge on any atom is -0.497 e. The van der Waals surface area contributed by atoms with Crippen molar-refractivity contribution in [1.29, 1.82) is 0 Å². The van der Waals surface area contributed by atoms with E-state index in [2.05, 4.69) is 49.7 Å². The maximum absolute atomic E-state index is 6.33. The molecule has 5 rings (SSSR count). The lowest BCUT2D eigenvalue weighted by atomic mass is 10.2. The second-order valence-electron chi connectivity index (χ2n) is 7.71. The summed E-state index contributed by atoms with van der Waals surface area (Å²) in [5.41, 5.74) is 11.3. The zero-order valence-electron chi connectivity index (χ0n) is 18.1. The molecule has 33 heavy (non-hydrogen) atoms. The summed E-state index contributed by atoms with van der Waals surface area (Å²) in [4.78, 5) is 9.49. The third-order valence-electron chi connectivity index (χ3n) is 5.51. The largest absolute Gasteiger partial charge is 0.497 e. The number of imidazole rings is 1. The predicted octanol–water partition coefficient (Wildman–Crippen LogP) is 5.81. The van der Waals surface area contributed by atoms with E-state index in [4.69, 9.17) is 20.2 Å². The van der Waals surface area contributed by atoms with Crippen LogP contribution in [0.15, 0.2) is 64.5 Å². The number of ether oxygens (including phenoxy) is 2. The Labute approximate surface area is 204 Å². The maximum atomic E-state index is 6.33. The summed E-state index contributed by atoms with van der Waals surface area (Å²) in [5, 5.41) is 0. The highest BCUT2D eigenvalue weighted by Gasteiger charge is 2.19. The third-order valence-corrected chi connectivity index (χ3v) is 7.14. The Kier molecular flexibility index (Phi) is 6.30. The van der Waals surface area contributed by atoms with Gasteiger partial charge in [0.25, 0.3) is 0 Å². The van der Waals surface area contributed by atoms with E-state index < -0.39 is 0 Å². The van der Waals surface area contributed by atoms with Gasteiger partial charge in [-0.2, -0.15) is 0 Å². The molecule has 0 spiro atoms. The van der Waals surface area contributed by atoms with Crippen LogP contribution in [0.3, 0.4) is 0 Å². The summed E-state index contributed by atoms with van der Waals surface area (Å²) >= 11 is 5.24. The number of methoxy groups -OCH3 is 1. The van der Waals surface area contributed by atoms with Crippen LogP contribution < -0.4 is 10.5 Å². The summed E-state index contributed by atoms with van der Waals surface area (Å²) in [5.74, 6) is 2.21. The molecule has 0 atom stereocenters. The SMILES string of the molecule is COc1ccc(Cn2c(CCOCc3ccccc3)nc3c(N)nc4cc(Br)sc4c32)cc1. The molecule has 8 heteroatoms. The van der Waals surface area contributed by atoms with Crippen LogP contribution in [-0.2, 0) is 24.3 Å². The number of hydrogen-bond donors (Lipinski definition) is 1. The van der Waals surface area contributed by atoms with Crippen molar-refractivity contribution in [1.82, 2.24) is 14.5 Å². The Balaban J connectivity index is 1.50. The van der Waals surface area contributed by atoms with Gasteiger partial charge < -0.3 is 19.8 Å². The molecular weight excluding hydrogens is 500 g/mol. The van der Waals surface area contributed by atoms with Gasteiger partial charge in [0, 0.05) is 13.0 Å². The van der Waals surface area contributed by atoms with Gasteiger partial charge >= 0.3 is 0 Å². The van der Waals surface area contributed by atoms with Crippen LogP contribution in [0.5, 0.6) is 5.75 Å². The molecule has 0 amide bonds. The highest BCUT2D eigenvalue weighted by atomic mass is 79.9. The van der Waals surface area contributed by atoms with Gasteiger partial charge in [0.1, 0.15) is 17.1 Å². The van der Waals surface area contributed by atoms with E-state index in [1.807, 2.05) is 36.4 Å². The van der Waals surface area contributed by atoms with Gasteiger partial charge in [-0.1, -0.05) is 42.5 Å². The zero-order chi connectivity index (χ0) is 22.8. The minimum atomic E-state index is 0.447. The smallest absolute Gasteiger partial charge is 0.152 e. The number of hydrogen-bond acceptors (Lipinski definition) is 6. The first-order valence-electron chi connectivity index (χ1n) is 10.6. The molecule has 0 unspecified atom stereocenters. The first-order chi connectivity index (χ1) is 16.1. The highest BCUT2D eigenvalue weighted by Crippen LogP contribution is 2.37. The predicted molar refractivity (Wildman–Crippen MR) is 137 cm³/mol. The van der Waals surface area contributed by atoms with Gasteiger partial charge in [0.05, 0.1) is 39.8 Å². The molecule has 0 fully saturated rings. The van der Waals surface area contributed by atoms with E-state index in [1.165, 1.54) is 0 Å². The van der Waals surface area contributed by atoms with E-state index in [9.17, 15) is 0 Å². The minimum absolute atomic E-state index is 0.447. The number of nitrogens with zero attached hydrogens (tertiary/aromatic N) is 3. The molecule has 0 aliphatic heterocycles. The number of fused-ring (bicyclic) bond motifs is 3. The van der Waals surface area contributed by atoms with Crippen LogP contribution in [0.2, 0.25) is 0 Å². The van der Waals surface area contributed by atoms with Crippen LogP contribution in [0, 0.1) is 0 Å². The van der Waals surface area contributed by atoms with Crippen molar-refractivity contribution >= 4 is 54.3 Å². The normalized spacial score (nSPS) is 11.5. The summed E-state index contributed by atoms with van der Waals surface area (Å²) in [6.07, 6.45) is 0.672. The van der Waals surface area contributed by atoms with Crippen molar-refractivity contribution in [3.63, 3.8) is 0 Å². The van der Waals surface area contributed by atoms with E-state index in [1.54, 1.807) is 18.4 Å². The Morgan fingerprint density at radius 2 is 1.82 bits per heavy atom. The summed E-state index contributed by atoms with van der Waals surface area (Å²) in [6.45, 7) is 1.80. The van der Waals surface area contributed by atoms with Gasteiger partial charge in [0.15, 0.2) is 5.82 Å². The molecule has 0 aliphatic carbocycles. The van der Waals surface area contributed by atoms with Crippen molar-refractivity contribution < 1.29 is 9.47 Å². The molecule has 0 saturated heterocycles. The molecule has 0 aliphatic rings. The van der Waals surface area contributed by atoms with Gasteiger partial charge in [-0.3, -0.25) is 0 Å². The number of benzene rings is 2. The second-order valence-corrected chi connectivity index (χ2v) is 10.1. The monoisotopic (exact) mass is 522 g/mol. The van der Waals surface area contributed by atoms with E-state index in [0.29, 0.717) is 32.0 Å². The van der Waals surface area contributed by atoms with E-state index in [0.717, 1.165) is 47.7 Å². The first-order valence-corrected chi connectivity index (χ1v) is 12.2. The number of nitrogen functional groups attached to an aromatic ring is 1. The lowest BCUT2D eigenvalue weighted by Gasteiger charge is -2.11. The molecule has 0 saturated carbocycles. The van der Waals surface area contributed by atoms with Crippen LogP contribution in [0.4, 0.5) is 5.82 Å². The Morgan fingerprint density at radius 1 is 1.03 bits per heavy atom. The molecular formula is C25H23BrN4O2S. The average molecular weight is 523 g/mol. The number of thiophene rings is 1. The summed E-state index contributed by atoms with van der Waals surface area (Å²) < 4.78 is 15.6. The van der Waals surface area contributed by atoms with Crippen molar-refractivity contribution in [2.24, 2.45) is 0 Å². The summed E-state index contributed by atoms with van der Waals surface area (Å²) in [7, 11) is 1.67. The number of nitrogens with two attached hydrogens (primary N) is 1. The maximum Gasteiger partial charge on any atom is 0.152 e. The quantitative estimate of drug-likeness (QED) is 0.260. The number of pyridine rings is 1. The molecule has 2 aromatic carbocycles. The molecule has 3 heterocycles. The Hall–Kier alpha value is -2.94. The number of halogens is 1. The molecule has 5 aromatic rings. The van der Waals surface area contributed by atoms with Gasteiger partial charge in [0.2, 0.25) is 0 Å². The fraction of sp³-hybridized carbons (Fsp3) is 0.200. The fourth-order valence-electron chi connectivity index (χ4n) is 3.90. The Morgan fingerprint density at radius 3 is 2.58 bits per heavy atom. The average Bonchev–Trinajstić information content (AvgIpc) is 3.38. The number of aromatic nitrogens is 3. The first kappa shape index (κ1) is 21.9. The highest BCUT2D eigenvalue weighted by molar-refractivity contribution is 9.11. The summed E-state index contributed by atoms with van der Waals surface area (Å²) in [6, 6.07) is 20.3. The van der Waals surface area contributed by atoms with Crippen molar-refractivity contribution in [3.8, 4) is 5.75 Å². The molecule has 3 aromatic heterocycles. The number of anilines is 1. The zero-order valence-corrected chi connectivity index (χ0v) is 20.5. The van der Waals surface area contributed by atoms with Crippen molar-refractivity contribution in [2.45, 2.75) is 19.6 Å². The van der Waals surface area contributed by atoms with E-state index >= 15 is 0 Å². The van der Waals surface area contributed by atoms with Crippen LogP contribution in [0.25, 0.3) is 21.3 Å². The van der Waals surface area contributed by atoms with Crippen LogP contribution in [-0.4, -0.2) is 28.3 Å². The molecule has 0 radical (unpaired) electrons. The Bertz CT molecular complexity index is 1400. The topological polar surface area (TPSA) is 75.2 Å². The van der Waals surface area contributed by atoms with Gasteiger partial charge in [-0.15, -0.1) is 11.3 Å². The lowest BCUT2D eigenvalue weighted by Crippen LogP contribution is -2.09. The fourth-order valence-corrected chi connectivity index (χ4v) is 5.48. The lowest BCUT2D eigenvalue weighted by molar-refractivity contribution is 0.122.